The van der Waals surface area contributed by atoms with Gasteiger partial charge in [0.25, 0.3) is 0 Å². The Morgan fingerprint density at radius 1 is 1.05 bits per heavy atom. The van der Waals surface area contributed by atoms with E-state index in [4.69, 9.17) is 0 Å². The Bertz CT molecular complexity index is 861. The Kier molecular flexibility index (Phi) is 3.49. The third-order valence-electron chi connectivity index (χ3n) is 4.40. The van der Waals surface area contributed by atoms with E-state index in [0.717, 1.165) is 16.6 Å². The van der Waals surface area contributed by atoms with Crippen LogP contribution in [0.25, 0.3) is 10.9 Å². The van der Waals surface area contributed by atoms with Gasteiger partial charge in [0.1, 0.15) is 0 Å². The molecule has 1 aromatic heterocycles. The zero-order valence-electron chi connectivity index (χ0n) is 13.0. The second-order valence-electron chi connectivity index (χ2n) is 5.69. The minimum atomic E-state index is -0.871. The Morgan fingerprint density at radius 3 is 2.36 bits per heavy atom. The molecule has 1 heterocycles. The van der Waals surface area contributed by atoms with Gasteiger partial charge in [0.15, 0.2) is 0 Å². The van der Waals surface area contributed by atoms with Crippen LogP contribution in [0, 0.1) is 13.8 Å². The molecule has 3 aromatic rings. The quantitative estimate of drug-likeness (QED) is 0.769. The number of rotatable bonds is 3. The van der Waals surface area contributed by atoms with E-state index in [9.17, 15) is 9.90 Å². The fourth-order valence-corrected chi connectivity index (χ4v) is 3.35. The summed E-state index contributed by atoms with van der Waals surface area (Å²) < 4.78 is 2.13. The zero-order chi connectivity index (χ0) is 15.9. The van der Waals surface area contributed by atoms with E-state index >= 15 is 0 Å². The lowest BCUT2D eigenvalue weighted by atomic mass is 10.0. The van der Waals surface area contributed by atoms with Crippen molar-refractivity contribution in [3.63, 3.8) is 0 Å². The molecule has 0 spiro atoms. The summed E-state index contributed by atoms with van der Waals surface area (Å²) in [5.41, 5.74) is 4.58. The number of carbonyl (C=O) groups is 1. The number of carboxylic acid groups (broad SMARTS) is 1. The van der Waals surface area contributed by atoms with E-state index in [2.05, 4.69) is 30.5 Å². The van der Waals surface area contributed by atoms with Gasteiger partial charge in [-0.2, -0.15) is 0 Å². The van der Waals surface area contributed by atoms with Crippen molar-refractivity contribution in [1.29, 1.82) is 0 Å². The topological polar surface area (TPSA) is 42.2 Å². The second-order valence-corrected chi connectivity index (χ2v) is 5.69. The molecule has 0 radical (unpaired) electrons. The van der Waals surface area contributed by atoms with Crippen molar-refractivity contribution < 1.29 is 9.90 Å². The van der Waals surface area contributed by atoms with Gasteiger partial charge in [0.2, 0.25) is 0 Å². The normalized spacial score (nSPS) is 12.5. The summed E-state index contributed by atoms with van der Waals surface area (Å²) in [6, 6.07) is 16.0. The van der Waals surface area contributed by atoms with Gasteiger partial charge >= 0.3 is 5.97 Å². The lowest BCUT2D eigenvalue weighted by Gasteiger charge is -2.20. The largest absolute Gasteiger partial charge is 0.478 e. The lowest BCUT2D eigenvalue weighted by Crippen LogP contribution is -2.11. The zero-order valence-corrected chi connectivity index (χ0v) is 13.0. The maximum Gasteiger partial charge on any atom is 0.338 e. The Hall–Kier alpha value is -2.55. The molecular weight excluding hydrogens is 274 g/mol. The van der Waals surface area contributed by atoms with Gasteiger partial charge in [-0.3, -0.25) is 0 Å². The van der Waals surface area contributed by atoms with Gasteiger partial charge in [-0.1, -0.05) is 42.5 Å². The third-order valence-corrected chi connectivity index (χ3v) is 4.40. The van der Waals surface area contributed by atoms with Gasteiger partial charge in [-0.15, -0.1) is 0 Å². The number of nitrogens with zero attached hydrogens (tertiary/aromatic N) is 1. The van der Waals surface area contributed by atoms with Crippen LogP contribution in [-0.4, -0.2) is 15.6 Å². The second kappa shape index (κ2) is 5.34. The van der Waals surface area contributed by atoms with Crippen LogP contribution in [0.3, 0.4) is 0 Å². The predicted octanol–water partition coefficient (Wildman–Crippen LogP) is 4.57. The molecule has 112 valence electrons. The average Bonchev–Trinajstić information content (AvgIpc) is 2.79. The highest BCUT2D eigenvalue weighted by molar-refractivity contribution is 6.05. The number of fused-ring (bicyclic) bond motifs is 1. The predicted molar refractivity (Wildman–Crippen MR) is 88.6 cm³/mol. The van der Waals surface area contributed by atoms with Gasteiger partial charge in [0, 0.05) is 16.6 Å². The maximum absolute atomic E-state index is 11.7. The fourth-order valence-electron chi connectivity index (χ4n) is 3.35. The molecule has 0 aliphatic carbocycles. The van der Waals surface area contributed by atoms with Crippen LogP contribution in [0.2, 0.25) is 0 Å². The maximum atomic E-state index is 11.7. The molecule has 0 saturated carbocycles. The van der Waals surface area contributed by atoms with Crippen LogP contribution in [0.15, 0.2) is 48.5 Å². The first kappa shape index (κ1) is 14.4. The summed E-state index contributed by atoms with van der Waals surface area (Å²) in [6.45, 7) is 6.09. The standard InChI is InChI=1S/C19H19NO2/c1-12-8-4-5-9-15(12)13(2)20-14(3)18(19(21)22)16-10-6-7-11-17(16)20/h4-11,13H,1-3H3,(H,21,22). The summed E-state index contributed by atoms with van der Waals surface area (Å²) in [5.74, 6) is -0.871. The molecule has 0 bridgehead atoms. The first-order valence-electron chi connectivity index (χ1n) is 7.40. The number of para-hydroxylation sites is 1. The minimum absolute atomic E-state index is 0.0826. The molecule has 1 unspecified atom stereocenters. The smallest absolute Gasteiger partial charge is 0.338 e. The fraction of sp³-hybridized carbons (Fsp3) is 0.211. The van der Waals surface area contributed by atoms with Crippen molar-refractivity contribution in [3.05, 3.63) is 70.9 Å². The van der Waals surface area contributed by atoms with Crippen molar-refractivity contribution in [2.24, 2.45) is 0 Å². The summed E-state index contributed by atoms with van der Waals surface area (Å²) >= 11 is 0. The van der Waals surface area contributed by atoms with Crippen molar-refractivity contribution in [1.82, 2.24) is 4.57 Å². The summed E-state index contributed by atoms with van der Waals surface area (Å²) in [4.78, 5) is 11.7. The Labute approximate surface area is 129 Å². The highest BCUT2D eigenvalue weighted by Crippen LogP contribution is 2.32. The highest BCUT2D eigenvalue weighted by Gasteiger charge is 2.22. The first-order chi connectivity index (χ1) is 10.5. The molecular formula is C19H19NO2. The summed E-state index contributed by atoms with van der Waals surface area (Å²) in [5, 5.41) is 10.4. The van der Waals surface area contributed by atoms with E-state index in [1.54, 1.807) is 0 Å². The molecule has 0 aliphatic rings. The average molecular weight is 293 g/mol. The van der Waals surface area contributed by atoms with Gasteiger partial charge in [0.05, 0.1) is 11.6 Å². The van der Waals surface area contributed by atoms with Crippen LogP contribution in [-0.2, 0) is 0 Å². The molecule has 0 aliphatic heterocycles. The van der Waals surface area contributed by atoms with Crippen LogP contribution < -0.4 is 0 Å². The Balaban J connectivity index is 2.30. The molecule has 1 N–H and O–H groups in total. The van der Waals surface area contributed by atoms with E-state index in [0.29, 0.717) is 5.56 Å². The van der Waals surface area contributed by atoms with Crippen LogP contribution in [0.1, 0.15) is 40.1 Å². The van der Waals surface area contributed by atoms with Gasteiger partial charge in [-0.05, 0) is 38.0 Å². The van der Waals surface area contributed by atoms with Crippen LogP contribution >= 0.6 is 0 Å². The third kappa shape index (κ3) is 2.10. The van der Waals surface area contributed by atoms with Crippen molar-refractivity contribution in [3.8, 4) is 0 Å². The number of aryl methyl sites for hydroxylation is 1. The number of aromatic nitrogens is 1. The molecule has 0 amide bonds. The SMILES string of the molecule is Cc1ccccc1C(C)n1c(C)c(C(=O)O)c2ccccc21. The number of aromatic carboxylic acids is 1. The van der Waals surface area contributed by atoms with Crippen LogP contribution in [0.4, 0.5) is 0 Å². The van der Waals surface area contributed by atoms with Crippen molar-refractivity contribution in [2.75, 3.05) is 0 Å². The van der Waals surface area contributed by atoms with Crippen molar-refractivity contribution in [2.45, 2.75) is 26.8 Å². The summed E-state index contributed by atoms with van der Waals surface area (Å²) in [7, 11) is 0. The lowest BCUT2D eigenvalue weighted by molar-refractivity contribution is 0.0698. The molecule has 1 atom stereocenters. The van der Waals surface area contributed by atoms with Gasteiger partial charge in [-0.25, -0.2) is 4.79 Å². The Morgan fingerprint density at radius 2 is 1.68 bits per heavy atom. The molecule has 3 nitrogen and oxygen atoms in total. The van der Waals surface area contributed by atoms with Crippen LogP contribution in [0.5, 0.6) is 0 Å². The van der Waals surface area contributed by atoms with E-state index in [1.165, 1.54) is 11.1 Å². The van der Waals surface area contributed by atoms with E-state index in [-0.39, 0.29) is 6.04 Å². The first-order valence-corrected chi connectivity index (χ1v) is 7.40. The number of hydrogen-bond acceptors (Lipinski definition) is 1. The van der Waals surface area contributed by atoms with E-state index in [1.807, 2.05) is 43.3 Å². The number of hydrogen-bond donors (Lipinski definition) is 1. The molecule has 3 rings (SSSR count). The van der Waals surface area contributed by atoms with Gasteiger partial charge < -0.3 is 9.67 Å². The van der Waals surface area contributed by atoms with E-state index < -0.39 is 5.97 Å². The molecule has 2 aromatic carbocycles. The van der Waals surface area contributed by atoms with Crippen molar-refractivity contribution >= 4 is 16.9 Å². The molecule has 3 heteroatoms. The monoisotopic (exact) mass is 293 g/mol. The highest BCUT2D eigenvalue weighted by atomic mass is 16.4. The molecule has 0 saturated heterocycles. The molecule has 0 fully saturated rings. The minimum Gasteiger partial charge on any atom is -0.478 e. The summed E-state index contributed by atoms with van der Waals surface area (Å²) in [6.07, 6.45) is 0. The number of carboxylic acids is 1. The number of benzene rings is 2. The molecule has 22 heavy (non-hydrogen) atoms.